The second-order valence-electron chi connectivity index (χ2n) is 4.15. The number of hydrogen-bond donors (Lipinski definition) is 2. The zero-order valence-corrected chi connectivity index (χ0v) is 11.8. The van der Waals surface area contributed by atoms with E-state index in [0.29, 0.717) is 15.8 Å². The van der Waals surface area contributed by atoms with Crippen LogP contribution in [0.15, 0.2) is 40.9 Å². The van der Waals surface area contributed by atoms with Gasteiger partial charge in [-0.25, -0.2) is 4.39 Å². The summed E-state index contributed by atoms with van der Waals surface area (Å²) < 4.78 is 14.2. The molecule has 5 heteroatoms. The van der Waals surface area contributed by atoms with Crippen LogP contribution in [0, 0.1) is 12.7 Å². The van der Waals surface area contributed by atoms with Gasteiger partial charge >= 0.3 is 0 Å². The van der Waals surface area contributed by atoms with Gasteiger partial charge in [0.25, 0.3) is 5.91 Å². The van der Waals surface area contributed by atoms with E-state index in [1.165, 1.54) is 12.1 Å². The molecule has 98 valence electrons. The fraction of sp³-hybridized carbons (Fsp3) is 0.0714. The lowest BCUT2D eigenvalue weighted by atomic mass is 10.1. The first-order valence-corrected chi connectivity index (χ1v) is 6.39. The van der Waals surface area contributed by atoms with E-state index >= 15 is 0 Å². The molecular weight excluding hydrogens is 311 g/mol. The molecule has 0 unspecified atom stereocenters. The van der Waals surface area contributed by atoms with Gasteiger partial charge in [0.2, 0.25) is 0 Å². The van der Waals surface area contributed by atoms with E-state index in [1.54, 1.807) is 24.3 Å². The maximum Gasteiger partial charge on any atom is 0.258 e. The van der Waals surface area contributed by atoms with Gasteiger partial charge < -0.3 is 11.1 Å². The van der Waals surface area contributed by atoms with Crippen LogP contribution in [0.1, 0.15) is 15.9 Å². The predicted octanol–water partition coefficient (Wildman–Crippen LogP) is 3.73. The van der Waals surface area contributed by atoms with Crippen molar-refractivity contribution in [3.05, 3.63) is 57.8 Å². The first-order chi connectivity index (χ1) is 8.97. The third-order valence-corrected chi connectivity index (χ3v) is 3.19. The number of nitrogens with one attached hydrogen (secondary N) is 1. The van der Waals surface area contributed by atoms with Crippen molar-refractivity contribution >= 4 is 33.2 Å². The van der Waals surface area contributed by atoms with Gasteiger partial charge in [0, 0.05) is 15.8 Å². The van der Waals surface area contributed by atoms with E-state index in [0.717, 1.165) is 5.56 Å². The summed E-state index contributed by atoms with van der Waals surface area (Å²) in [4.78, 5) is 12.0. The van der Waals surface area contributed by atoms with Gasteiger partial charge in [-0.15, -0.1) is 0 Å². The number of nitrogens with two attached hydrogens (primary N) is 1. The minimum absolute atomic E-state index is 0.0103. The fourth-order valence-corrected chi connectivity index (χ4v) is 1.98. The highest BCUT2D eigenvalue weighted by atomic mass is 79.9. The van der Waals surface area contributed by atoms with Crippen LogP contribution in [0.2, 0.25) is 0 Å². The third-order valence-electron chi connectivity index (χ3n) is 2.70. The number of benzene rings is 2. The number of rotatable bonds is 2. The zero-order chi connectivity index (χ0) is 14.0. The number of nitrogen functional groups attached to an aromatic ring is 1. The van der Waals surface area contributed by atoms with Gasteiger partial charge in [0.05, 0.1) is 5.56 Å². The quantitative estimate of drug-likeness (QED) is 0.828. The minimum Gasteiger partial charge on any atom is -0.399 e. The molecule has 0 aliphatic heterocycles. The molecule has 0 aromatic heterocycles. The first-order valence-electron chi connectivity index (χ1n) is 5.60. The summed E-state index contributed by atoms with van der Waals surface area (Å²) in [5.41, 5.74) is 7.76. The van der Waals surface area contributed by atoms with Gasteiger partial charge in [0.1, 0.15) is 5.82 Å². The van der Waals surface area contributed by atoms with E-state index in [2.05, 4.69) is 21.2 Å². The van der Waals surface area contributed by atoms with Gasteiger partial charge in [-0.1, -0.05) is 15.9 Å². The molecule has 0 fully saturated rings. The Hall–Kier alpha value is -1.88. The van der Waals surface area contributed by atoms with Crippen molar-refractivity contribution in [2.24, 2.45) is 0 Å². The first kappa shape index (κ1) is 13.5. The molecule has 0 saturated carbocycles. The molecule has 19 heavy (non-hydrogen) atoms. The number of carbonyl (C=O) groups excluding carboxylic acids is 1. The maximum atomic E-state index is 13.6. The Balaban J connectivity index is 2.25. The molecule has 2 aromatic rings. The molecule has 2 rings (SSSR count). The smallest absolute Gasteiger partial charge is 0.258 e. The summed E-state index contributed by atoms with van der Waals surface area (Å²) in [7, 11) is 0. The average molecular weight is 323 g/mol. The van der Waals surface area contributed by atoms with Crippen LogP contribution < -0.4 is 11.1 Å². The molecule has 2 aromatic carbocycles. The van der Waals surface area contributed by atoms with E-state index in [9.17, 15) is 9.18 Å². The lowest BCUT2D eigenvalue weighted by molar-refractivity contribution is 0.102. The second kappa shape index (κ2) is 5.40. The van der Waals surface area contributed by atoms with Crippen molar-refractivity contribution in [2.75, 3.05) is 11.1 Å². The number of halogens is 2. The Morgan fingerprint density at radius 3 is 2.68 bits per heavy atom. The molecule has 0 bridgehead atoms. The van der Waals surface area contributed by atoms with Crippen LogP contribution in [0.3, 0.4) is 0 Å². The molecule has 1 amide bonds. The normalized spacial score (nSPS) is 10.3. The van der Waals surface area contributed by atoms with E-state index in [1.807, 2.05) is 6.92 Å². The van der Waals surface area contributed by atoms with Crippen LogP contribution in [0.5, 0.6) is 0 Å². The predicted molar refractivity (Wildman–Crippen MR) is 77.6 cm³/mol. The number of carbonyl (C=O) groups is 1. The summed E-state index contributed by atoms with van der Waals surface area (Å²) in [6.45, 7) is 1.84. The van der Waals surface area contributed by atoms with Crippen LogP contribution >= 0.6 is 15.9 Å². The Bertz CT molecular complexity index is 643. The average Bonchev–Trinajstić information content (AvgIpc) is 2.36. The molecule has 0 aliphatic carbocycles. The highest BCUT2D eigenvalue weighted by molar-refractivity contribution is 9.10. The lowest BCUT2D eigenvalue weighted by Gasteiger charge is -2.08. The molecular formula is C14H12BrFN2O. The van der Waals surface area contributed by atoms with Crippen molar-refractivity contribution in [3.8, 4) is 0 Å². The third kappa shape index (κ3) is 3.12. The lowest BCUT2D eigenvalue weighted by Crippen LogP contribution is -2.14. The van der Waals surface area contributed by atoms with Gasteiger partial charge in [0.15, 0.2) is 0 Å². The van der Waals surface area contributed by atoms with Gasteiger partial charge in [-0.3, -0.25) is 4.79 Å². The Labute approximate surface area is 118 Å². The number of anilines is 2. The summed E-state index contributed by atoms with van der Waals surface area (Å²) in [6, 6.07) is 9.34. The molecule has 0 aliphatic rings. The molecule has 0 saturated heterocycles. The van der Waals surface area contributed by atoms with Gasteiger partial charge in [-0.05, 0) is 48.9 Å². The van der Waals surface area contributed by atoms with Crippen LogP contribution in [0.4, 0.5) is 15.8 Å². The molecule has 0 heterocycles. The Morgan fingerprint density at radius 1 is 1.26 bits per heavy atom. The van der Waals surface area contributed by atoms with E-state index < -0.39 is 11.7 Å². The summed E-state index contributed by atoms with van der Waals surface area (Å²) in [5, 5.41) is 2.64. The molecule has 3 nitrogen and oxygen atoms in total. The van der Waals surface area contributed by atoms with Crippen molar-refractivity contribution < 1.29 is 9.18 Å². The van der Waals surface area contributed by atoms with Crippen molar-refractivity contribution in [1.82, 2.24) is 0 Å². The van der Waals surface area contributed by atoms with Crippen molar-refractivity contribution in [2.45, 2.75) is 6.92 Å². The van der Waals surface area contributed by atoms with E-state index in [4.69, 9.17) is 5.73 Å². The van der Waals surface area contributed by atoms with Crippen LogP contribution in [-0.4, -0.2) is 5.91 Å². The standard InChI is InChI=1S/C14H12BrFN2O/c1-8-6-10(3-5-13(8)17)18-14(19)11-7-9(15)2-4-12(11)16/h2-7H,17H2,1H3,(H,18,19). The number of hydrogen-bond acceptors (Lipinski definition) is 2. The summed E-state index contributed by atoms with van der Waals surface area (Å²) >= 11 is 3.21. The zero-order valence-electron chi connectivity index (χ0n) is 10.2. The van der Waals surface area contributed by atoms with Crippen LogP contribution in [0.25, 0.3) is 0 Å². The highest BCUT2D eigenvalue weighted by Gasteiger charge is 2.12. The molecule has 3 N–H and O–H groups in total. The molecule has 0 spiro atoms. The molecule has 0 atom stereocenters. The Kier molecular flexibility index (Phi) is 3.85. The highest BCUT2D eigenvalue weighted by Crippen LogP contribution is 2.20. The topological polar surface area (TPSA) is 55.1 Å². The monoisotopic (exact) mass is 322 g/mol. The van der Waals surface area contributed by atoms with Gasteiger partial charge in [-0.2, -0.15) is 0 Å². The fourth-order valence-electron chi connectivity index (χ4n) is 1.62. The van der Waals surface area contributed by atoms with Crippen molar-refractivity contribution in [3.63, 3.8) is 0 Å². The summed E-state index contributed by atoms with van der Waals surface area (Å²) in [6.07, 6.45) is 0. The van der Waals surface area contributed by atoms with Crippen LogP contribution in [-0.2, 0) is 0 Å². The maximum absolute atomic E-state index is 13.6. The largest absolute Gasteiger partial charge is 0.399 e. The SMILES string of the molecule is Cc1cc(NC(=O)c2cc(Br)ccc2F)ccc1N. The van der Waals surface area contributed by atoms with E-state index in [-0.39, 0.29) is 5.56 Å². The molecule has 0 radical (unpaired) electrons. The number of aryl methyl sites for hydroxylation is 1. The van der Waals surface area contributed by atoms with Crippen molar-refractivity contribution in [1.29, 1.82) is 0 Å². The summed E-state index contributed by atoms with van der Waals surface area (Å²) in [5.74, 6) is -1.06. The number of amides is 1. The minimum atomic E-state index is -0.562. The second-order valence-corrected chi connectivity index (χ2v) is 5.07. The Morgan fingerprint density at radius 2 is 2.00 bits per heavy atom.